The van der Waals surface area contributed by atoms with Crippen LogP contribution in [-0.2, 0) is 9.63 Å². The molecule has 1 N–H and O–H groups in total. The average Bonchev–Trinajstić information content (AvgIpc) is 2.24. The van der Waals surface area contributed by atoms with Crippen molar-refractivity contribution in [1.29, 1.82) is 0 Å². The zero-order chi connectivity index (χ0) is 12.0. The van der Waals surface area contributed by atoms with Crippen LogP contribution in [-0.4, -0.2) is 48.7 Å². The molecule has 1 unspecified atom stereocenters. The van der Waals surface area contributed by atoms with Crippen LogP contribution in [0.25, 0.3) is 0 Å². The minimum atomic E-state index is -0.862. The fourth-order valence-corrected chi connectivity index (χ4v) is 1.82. The van der Waals surface area contributed by atoms with E-state index < -0.39 is 5.09 Å². The third-order valence-corrected chi connectivity index (χ3v) is 2.67. The number of carbonyl (C=O) groups is 1. The first-order valence-corrected chi connectivity index (χ1v) is 5.36. The quantitative estimate of drug-likeness (QED) is 0.402. The molecule has 92 valence electrons. The molecular weight excluding hydrogens is 214 g/mol. The zero-order valence-electron chi connectivity index (χ0n) is 9.35. The van der Waals surface area contributed by atoms with Crippen molar-refractivity contribution in [2.24, 2.45) is 0 Å². The second kappa shape index (κ2) is 6.26. The molecule has 16 heavy (non-hydrogen) atoms. The second-order valence-electron chi connectivity index (χ2n) is 3.84. The Morgan fingerprint density at radius 1 is 1.62 bits per heavy atom. The third-order valence-electron chi connectivity index (χ3n) is 2.67. The molecule has 0 aromatic rings. The van der Waals surface area contributed by atoms with Gasteiger partial charge < -0.3 is 10.2 Å². The van der Waals surface area contributed by atoms with Crippen LogP contribution in [0, 0.1) is 10.1 Å². The first-order valence-electron chi connectivity index (χ1n) is 5.36. The Labute approximate surface area is 93.8 Å². The monoisotopic (exact) mass is 231 g/mol. The molecule has 0 radical (unpaired) electrons. The van der Waals surface area contributed by atoms with E-state index in [4.69, 9.17) is 0 Å². The van der Waals surface area contributed by atoms with Gasteiger partial charge in [0.15, 0.2) is 0 Å². The van der Waals surface area contributed by atoms with E-state index in [2.05, 4.69) is 10.2 Å². The maximum Gasteiger partial charge on any atom is 0.294 e. The molecule has 1 aliphatic rings. The Morgan fingerprint density at radius 3 is 3.00 bits per heavy atom. The maximum absolute atomic E-state index is 11.7. The minimum absolute atomic E-state index is 0.0749. The lowest BCUT2D eigenvalue weighted by atomic mass is 10.0. The van der Waals surface area contributed by atoms with Gasteiger partial charge in [0.1, 0.15) is 6.61 Å². The molecule has 0 spiro atoms. The number of amides is 1. The lowest BCUT2D eigenvalue weighted by Gasteiger charge is -2.31. The number of carbonyl (C=O) groups excluding carboxylic acids is 1. The molecule has 7 nitrogen and oxygen atoms in total. The van der Waals surface area contributed by atoms with E-state index in [1.807, 2.05) is 11.9 Å². The highest BCUT2D eigenvalue weighted by molar-refractivity contribution is 5.81. The largest absolute Gasteiger partial charge is 0.353 e. The number of nitrogens with one attached hydrogen (secondary N) is 1. The van der Waals surface area contributed by atoms with E-state index in [0.717, 1.165) is 25.8 Å². The molecule has 0 saturated carbocycles. The predicted molar refractivity (Wildman–Crippen MR) is 56.2 cm³/mol. The summed E-state index contributed by atoms with van der Waals surface area (Å²) in [5, 5.41) is 11.6. The predicted octanol–water partition coefficient (Wildman–Crippen LogP) is -0.205. The third kappa shape index (κ3) is 4.01. The molecule has 1 amide bonds. The fraction of sp³-hybridized carbons (Fsp3) is 0.889. The van der Waals surface area contributed by atoms with Crippen molar-refractivity contribution >= 4 is 5.91 Å². The standard InChI is InChI=1S/C9H17N3O4/c1-11-6-3-2-4-8(11)9(13)10-5-7-16-12(14)15/h8H,2-7H2,1H3,(H,10,13). The molecule has 1 aliphatic heterocycles. The van der Waals surface area contributed by atoms with E-state index in [0.29, 0.717) is 0 Å². The topological polar surface area (TPSA) is 84.7 Å². The van der Waals surface area contributed by atoms with Gasteiger partial charge in [-0.1, -0.05) is 6.42 Å². The highest BCUT2D eigenvalue weighted by Crippen LogP contribution is 2.14. The summed E-state index contributed by atoms with van der Waals surface area (Å²) in [6.45, 7) is 0.989. The van der Waals surface area contributed by atoms with E-state index in [-0.39, 0.29) is 25.1 Å². The highest BCUT2D eigenvalue weighted by Gasteiger charge is 2.25. The van der Waals surface area contributed by atoms with Crippen LogP contribution in [0.3, 0.4) is 0 Å². The van der Waals surface area contributed by atoms with Crippen LogP contribution in [0.1, 0.15) is 19.3 Å². The van der Waals surface area contributed by atoms with Gasteiger partial charge in [0.2, 0.25) is 5.91 Å². The number of likely N-dealkylation sites (tertiary alicyclic amines) is 1. The van der Waals surface area contributed by atoms with Crippen LogP contribution >= 0.6 is 0 Å². The van der Waals surface area contributed by atoms with Crippen LogP contribution in [0.2, 0.25) is 0 Å². The molecular formula is C9H17N3O4. The molecule has 1 heterocycles. The van der Waals surface area contributed by atoms with Gasteiger partial charge in [0.25, 0.3) is 5.09 Å². The summed E-state index contributed by atoms with van der Waals surface area (Å²) in [5.74, 6) is -0.0749. The summed E-state index contributed by atoms with van der Waals surface area (Å²) >= 11 is 0. The summed E-state index contributed by atoms with van der Waals surface area (Å²) in [4.78, 5) is 27.6. The number of nitrogens with zero attached hydrogens (tertiary/aromatic N) is 2. The van der Waals surface area contributed by atoms with E-state index in [9.17, 15) is 14.9 Å². The summed E-state index contributed by atoms with van der Waals surface area (Å²) in [6, 6.07) is -0.107. The smallest absolute Gasteiger partial charge is 0.294 e. The van der Waals surface area contributed by atoms with Gasteiger partial charge in [0.05, 0.1) is 6.04 Å². The fourth-order valence-electron chi connectivity index (χ4n) is 1.82. The van der Waals surface area contributed by atoms with Crippen LogP contribution < -0.4 is 5.32 Å². The molecule has 1 rings (SSSR count). The van der Waals surface area contributed by atoms with Crippen molar-refractivity contribution in [2.75, 3.05) is 26.7 Å². The summed E-state index contributed by atoms with van der Waals surface area (Å²) < 4.78 is 0. The van der Waals surface area contributed by atoms with E-state index in [1.54, 1.807) is 0 Å². The summed E-state index contributed by atoms with van der Waals surface area (Å²) in [5.41, 5.74) is 0. The maximum atomic E-state index is 11.7. The normalized spacial score (nSPS) is 21.4. The summed E-state index contributed by atoms with van der Waals surface area (Å²) in [7, 11) is 1.91. The van der Waals surface area contributed by atoms with Crippen LogP contribution in [0.4, 0.5) is 0 Å². The Balaban J connectivity index is 2.20. The lowest BCUT2D eigenvalue weighted by molar-refractivity contribution is -0.757. The number of hydrogen-bond donors (Lipinski definition) is 1. The molecule has 1 atom stereocenters. The van der Waals surface area contributed by atoms with Gasteiger partial charge in [-0.15, -0.1) is 10.1 Å². The number of piperidine rings is 1. The van der Waals surface area contributed by atoms with Gasteiger partial charge in [-0.05, 0) is 26.4 Å². The van der Waals surface area contributed by atoms with Crippen LogP contribution in [0.5, 0.6) is 0 Å². The van der Waals surface area contributed by atoms with Gasteiger partial charge in [-0.25, -0.2) is 0 Å². The van der Waals surface area contributed by atoms with Crippen molar-refractivity contribution in [3.63, 3.8) is 0 Å². The molecule has 0 aliphatic carbocycles. The number of rotatable bonds is 5. The lowest BCUT2D eigenvalue weighted by Crippen LogP contribution is -2.48. The van der Waals surface area contributed by atoms with Gasteiger partial charge in [-0.2, -0.15) is 0 Å². The molecule has 0 aromatic heterocycles. The van der Waals surface area contributed by atoms with Crippen LogP contribution in [0.15, 0.2) is 0 Å². The number of hydrogen-bond acceptors (Lipinski definition) is 5. The van der Waals surface area contributed by atoms with Crippen molar-refractivity contribution in [3.8, 4) is 0 Å². The average molecular weight is 231 g/mol. The highest BCUT2D eigenvalue weighted by atomic mass is 16.9. The van der Waals surface area contributed by atoms with E-state index in [1.165, 1.54) is 0 Å². The Morgan fingerprint density at radius 2 is 2.38 bits per heavy atom. The van der Waals surface area contributed by atoms with Gasteiger partial charge >= 0.3 is 0 Å². The van der Waals surface area contributed by atoms with Crippen molar-refractivity contribution in [1.82, 2.24) is 10.2 Å². The van der Waals surface area contributed by atoms with Gasteiger partial charge in [-0.3, -0.25) is 9.69 Å². The molecule has 0 aromatic carbocycles. The van der Waals surface area contributed by atoms with Crippen molar-refractivity contribution in [3.05, 3.63) is 10.1 Å². The number of likely N-dealkylation sites (N-methyl/N-ethyl adjacent to an activating group) is 1. The minimum Gasteiger partial charge on any atom is -0.353 e. The van der Waals surface area contributed by atoms with Crippen molar-refractivity contribution < 1.29 is 14.7 Å². The zero-order valence-corrected chi connectivity index (χ0v) is 9.35. The second-order valence-corrected chi connectivity index (χ2v) is 3.84. The first-order chi connectivity index (χ1) is 7.61. The first kappa shape index (κ1) is 12.7. The molecule has 1 fully saturated rings. The molecule has 0 bridgehead atoms. The Bertz CT molecular complexity index is 259. The Kier molecular flexibility index (Phi) is 4.97. The SMILES string of the molecule is CN1CCCCC1C(=O)NCCO[N+](=O)[O-]. The molecule has 7 heteroatoms. The van der Waals surface area contributed by atoms with Crippen molar-refractivity contribution in [2.45, 2.75) is 25.3 Å². The summed E-state index contributed by atoms with van der Waals surface area (Å²) in [6.07, 6.45) is 3.01. The Hall–Kier alpha value is -1.37. The van der Waals surface area contributed by atoms with E-state index >= 15 is 0 Å². The molecule has 1 saturated heterocycles. The van der Waals surface area contributed by atoms with Gasteiger partial charge in [0, 0.05) is 6.54 Å².